The molecule has 0 atom stereocenters. The van der Waals surface area contributed by atoms with Crippen LogP contribution in [0.15, 0.2) is 9.59 Å². The van der Waals surface area contributed by atoms with Crippen molar-refractivity contribution in [2.75, 3.05) is 26.2 Å². The van der Waals surface area contributed by atoms with Crippen molar-refractivity contribution in [2.45, 2.75) is 33.5 Å². The first kappa shape index (κ1) is 15.0. The van der Waals surface area contributed by atoms with Crippen LogP contribution < -0.4 is 16.6 Å². The zero-order valence-corrected chi connectivity index (χ0v) is 13.1. The van der Waals surface area contributed by atoms with E-state index >= 15 is 0 Å². The van der Waals surface area contributed by atoms with Gasteiger partial charge in [-0.15, -0.1) is 0 Å². The molecule has 3 heterocycles. The number of hydrogen-bond donors (Lipinski definition) is 2. The molecule has 2 aromatic heterocycles. The van der Waals surface area contributed by atoms with E-state index in [9.17, 15) is 9.59 Å². The Morgan fingerprint density at radius 1 is 1.09 bits per heavy atom. The van der Waals surface area contributed by atoms with E-state index in [1.807, 2.05) is 18.4 Å². The van der Waals surface area contributed by atoms with E-state index in [1.165, 1.54) is 4.57 Å². The van der Waals surface area contributed by atoms with Crippen LogP contribution in [0.2, 0.25) is 0 Å². The number of hydrogen-bond acceptors (Lipinski definition) is 5. The molecular weight excluding hydrogens is 284 g/mol. The molecule has 1 aliphatic rings. The number of fused-ring (bicyclic) bond motifs is 1. The molecule has 0 radical (unpaired) electrons. The maximum absolute atomic E-state index is 12.2. The Morgan fingerprint density at radius 2 is 1.77 bits per heavy atom. The van der Waals surface area contributed by atoms with Gasteiger partial charge in [0.05, 0.1) is 6.54 Å². The number of nitrogens with zero attached hydrogens (tertiary/aromatic N) is 4. The summed E-state index contributed by atoms with van der Waals surface area (Å²) in [6.45, 7) is 9.56. The average Bonchev–Trinajstić information content (AvgIpc) is 2.87. The molecule has 1 saturated heterocycles. The van der Waals surface area contributed by atoms with Gasteiger partial charge in [-0.1, -0.05) is 0 Å². The summed E-state index contributed by atoms with van der Waals surface area (Å²) < 4.78 is 3.44. The normalized spacial score (nSPS) is 16.5. The summed E-state index contributed by atoms with van der Waals surface area (Å²) in [7, 11) is 0. The molecule has 1 aliphatic heterocycles. The lowest BCUT2D eigenvalue weighted by Crippen LogP contribution is -2.43. The Balaban J connectivity index is 2.12. The molecule has 0 unspecified atom stereocenters. The highest BCUT2D eigenvalue weighted by Crippen LogP contribution is 2.13. The second-order valence-corrected chi connectivity index (χ2v) is 5.47. The maximum Gasteiger partial charge on any atom is 0.330 e. The van der Waals surface area contributed by atoms with Crippen LogP contribution in [0.25, 0.3) is 11.2 Å². The second kappa shape index (κ2) is 6.05. The third-order valence-corrected chi connectivity index (χ3v) is 4.17. The van der Waals surface area contributed by atoms with E-state index in [1.54, 1.807) is 0 Å². The first-order valence-corrected chi connectivity index (χ1v) is 7.81. The number of aromatic amines is 1. The lowest BCUT2D eigenvalue weighted by molar-refractivity contribution is 0.225. The molecule has 0 spiro atoms. The molecule has 2 aromatic rings. The summed E-state index contributed by atoms with van der Waals surface area (Å²) in [5.41, 5.74) is 0.234. The van der Waals surface area contributed by atoms with Crippen molar-refractivity contribution in [3.05, 3.63) is 26.7 Å². The molecule has 22 heavy (non-hydrogen) atoms. The van der Waals surface area contributed by atoms with Crippen LogP contribution in [0, 0.1) is 0 Å². The van der Waals surface area contributed by atoms with Crippen LogP contribution in [0.3, 0.4) is 0 Å². The van der Waals surface area contributed by atoms with Crippen molar-refractivity contribution in [1.82, 2.24) is 29.3 Å². The van der Waals surface area contributed by atoms with E-state index in [0.29, 0.717) is 30.8 Å². The SMILES string of the molecule is CCn1c(CN2CCNCC2)nc2c1c(=O)[nH]c(=O)n2CC. The van der Waals surface area contributed by atoms with Gasteiger partial charge in [0, 0.05) is 39.3 Å². The van der Waals surface area contributed by atoms with Crippen LogP contribution in [-0.2, 0) is 19.6 Å². The summed E-state index contributed by atoms with van der Waals surface area (Å²) in [4.78, 5) is 33.4. The topological polar surface area (TPSA) is 88.0 Å². The van der Waals surface area contributed by atoms with Crippen molar-refractivity contribution < 1.29 is 0 Å². The Kier molecular flexibility index (Phi) is 4.12. The van der Waals surface area contributed by atoms with Gasteiger partial charge in [-0.3, -0.25) is 19.2 Å². The van der Waals surface area contributed by atoms with Crippen LogP contribution in [-0.4, -0.2) is 50.2 Å². The quantitative estimate of drug-likeness (QED) is 0.782. The lowest BCUT2D eigenvalue weighted by Gasteiger charge is -2.26. The molecule has 8 heteroatoms. The summed E-state index contributed by atoms with van der Waals surface area (Å²) >= 11 is 0. The summed E-state index contributed by atoms with van der Waals surface area (Å²) in [6, 6.07) is 0. The molecule has 0 aromatic carbocycles. The first-order chi connectivity index (χ1) is 10.7. The monoisotopic (exact) mass is 306 g/mol. The lowest BCUT2D eigenvalue weighted by atomic mass is 10.3. The fourth-order valence-corrected chi connectivity index (χ4v) is 3.04. The van der Waals surface area contributed by atoms with E-state index < -0.39 is 5.69 Å². The second-order valence-electron chi connectivity index (χ2n) is 5.47. The van der Waals surface area contributed by atoms with Gasteiger partial charge >= 0.3 is 5.69 Å². The van der Waals surface area contributed by atoms with E-state index in [4.69, 9.17) is 0 Å². The number of rotatable bonds is 4. The van der Waals surface area contributed by atoms with Crippen LogP contribution >= 0.6 is 0 Å². The highest BCUT2D eigenvalue weighted by molar-refractivity contribution is 5.70. The smallest absolute Gasteiger partial charge is 0.321 e. The van der Waals surface area contributed by atoms with Crippen LogP contribution in [0.1, 0.15) is 19.7 Å². The number of H-pyrrole nitrogens is 1. The molecule has 1 fully saturated rings. The number of piperazine rings is 1. The van der Waals surface area contributed by atoms with Gasteiger partial charge < -0.3 is 9.88 Å². The molecule has 120 valence electrons. The Labute approximate surface area is 127 Å². The highest BCUT2D eigenvalue weighted by atomic mass is 16.2. The zero-order chi connectivity index (χ0) is 15.7. The largest absolute Gasteiger partial charge is 0.330 e. The molecule has 0 bridgehead atoms. The standard InChI is InChI=1S/C14H22N6O2/c1-3-19-10(9-18-7-5-15-6-8-18)16-12-11(19)13(21)17-14(22)20(12)4-2/h15H,3-9H2,1-2H3,(H,17,21,22). The van der Waals surface area contributed by atoms with Crippen LogP contribution in [0.4, 0.5) is 0 Å². The van der Waals surface area contributed by atoms with Gasteiger partial charge in [0.1, 0.15) is 5.82 Å². The van der Waals surface area contributed by atoms with E-state index in [2.05, 4.69) is 20.2 Å². The molecular formula is C14H22N6O2. The fraction of sp³-hybridized carbons (Fsp3) is 0.643. The summed E-state index contributed by atoms with van der Waals surface area (Å²) in [5.74, 6) is 0.845. The highest BCUT2D eigenvalue weighted by Gasteiger charge is 2.19. The first-order valence-electron chi connectivity index (χ1n) is 7.81. The molecule has 0 amide bonds. The Bertz CT molecular complexity index is 781. The number of nitrogens with one attached hydrogen (secondary N) is 2. The van der Waals surface area contributed by atoms with Gasteiger partial charge in [-0.2, -0.15) is 0 Å². The number of imidazole rings is 1. The molecule has 2 N–H and O–H groups in total. The average molecular weight is 306 g/mol. The molecule has 3 rings (SSSR count). The third-order valence-electron chi connectivity index (χ3n) is 4.17. The van der Waals surface area contributed by atoms with Gasteiger partial charge in [0.15, 0.2) is 11.2 Å². The predicted octanol–water partition coefficient (Wildman–Crippen LogP) is -0.669. The van der Waals surface area contributed by atoms with Gasteiger partial charge in [0.2, 0.25) is 0 Å². The minimum absolute atomic E-state index is 0.356. The van der Waals surface area contributed by atoms with Gasteiger partial charge in [0.25, 0.3) is 5.56 Å². The van der Waals surface area contributed by atoms with Crippen molar-refractivity contribution >= 4 is 11.2 Å². The predicted molar refractivity (Wildman–Crippen MR) is 84.1 cm³/mol. The van der Waals surface area contributed by atoms with Gasteiger partial charge in [-0.05, 0) is 13.8 Å². The minimum Gasteiger partial charge on any atom is -0.321 e. The van der Waals surface area contributed by atoms with Crippen molar-refractivity contribution in [3.63, 3.8) is 0 Å². The Hall–Kier alpha value is -1.93. The zero-order valence-electron chi connectivity index (χ0n) is 13.1. The van der Waals surface area contributed by atoms with Crippen molar-refractivity contribution in [1.29, 1.82) is 0 Å². The fourth-order valence-electron chi connectivity index (χ4n) is 3.04. The summed E-state index contributed by atoms with van der Waals surface area (Å²) in [5, 5.41) is 3.32. The molecule has 8 nitrogen and oxygen atoms in total. The molecule has 0 saturated carbocycles. The number of aromatic nitrogens is 4. The van der Waals surface area contributed by atoms with Crippen LogP contribution in [0.5, 0.6) is 0 Å². The van der Waals surface area contributed by atoms with E-state index in [-0.39, 0.29) is 5.56 Å². The minimum atomic E-state index is -0.394. The van der Waals surface area contributed by atoms with Crippen molar-refractivity contribution in [2.24, 2.45) is 0 Å². The maximum atomic E-state index is 12.2. The molecule has 0 aliphatic carbocycles. The Morgan fingerprint density at radius 3 is 2.41 bits per heavy atom. The van der Waals surface area contributed by atoms with Gasteiger partial charge in [-0.25, -0.2) is 9.78 Å². The number of aryl methyl sites for hydroxylation is 2. The summed E-state index contributed by atoms with van der Waals surface area (Å²) in [6.07, 6.45) is 0. The van der Waals surface area contributed by atoms with Crippen molar-refractivity contribution in [3.8, 4) is 0 Å². The van der Waals surface area contributed by atoms with E-state index in [0.717, 1.165) is 32.0 Å². The third kappa shape index (κ3) is 2.48.